The first-order chi connectivity index (χ1) is 12.9. The molecule has 7 heteroatoms. The molecule has 1 unspecified atom stereocenters. The Labute approximate surface area is 158 Å². The van der Waals surface area contributed by atoms with Crippen LogP contribution in [0.4, 0.5) is 0 Å². The van der Waals surface area contributed by atoms with Crippen molar-refractivity contribution in [1.29, 1.82) is 0 Å². The van der Waals surface area contributed by atoms with Crippen molar-refractivity contribution in [3.63, 3.8) is 0 Å². The van der Waals surface area contributed by atoms with E-state index in [1.54, 1.807) is 13.0 Å². The fraction of sp³-hybridized carbons (Fsp3) is 0.550. The number of nitrogens with one attached hydrogen (secondary N) is 1. The van der Waals surface area contributed by atoms with Gasteiger partial charge in [0, 0.05) is 25.4 Å². The topological polar surface area (TPSA) is 86.4 Å². The molecule has 7 nitrogen and oxygen atoms in total. The maximum absolute atomic E-state index is 12.4. The minimum atomic E-state index is -0.604. The third-order valence-corrected chi connectivity index (χ3v) is 5.22. The van der Waals surface area contributed by atoms with E-state index in [-0.39, 0.29) is 11.7 Å². The maximum Gasteiger partial charge on any atom is 0.349 e. The number of aromatic nitrogens is 2. The predicted molar refractivity (Wildman–Crippen MR) is 101 cm³/mol. The number of hydrogen-bond acceptors (Lipinski definition) is 5. The van der Waals surface area contributed by atoms with Gasteiger partial charge in [0.25, 0.3) is 5.91 Å². The Kier molecular flexibility index (Phi) is 5.79. The van der Waals surface area contributed by atoms with Crippen LogP contribution in [0.2, 0.25) is 0 Å². The summed E-state index contributed by atoms with van der Waals surface area (Å²) in [5.74, 6) is 0.108. The Bertz CT molecular complexity index is 891. The molecule has 27 heavy (non-hydrogen) atoms. The quantitative estimate of drug-likeness (QED) is 0.787. The normalized spacial score (nSPS) is 16.7. The third kappa shape index (κ3) is 4.13. The second kappa shape index (κ2) is 8.08. The van der Waals surface area contributed by atoms with Crippen LogP contribution in [0.5, 0.6) is 0 Å². The van der Waals surface area contributed by atoms with Gasteiger partial charge in [0.1, 0.15) is 17.4 Å². The number of rotatable bonds is 6. The van der Waals surface area contributed by atoms with Crippen molar-refractivity contribution in [1.82, 2.24) is 15.1 Å². The van der Waals surface area contributed by atoms with Crippen molar-refractivity contribution < 1.29 is 13.9 Å². The van der Waals surface area contributed by atoms with E-state index < -0.39 is 11.5 Å². The van der Waals surface area contributed by atoms with E-state index in [9.17, 15) is 9.59 Å². The van der Waals surface area contributed by atoms with Gasteiger partial charge in [-0.1, -0.05) is 0 Å². The molecule has 1 atom stereocenters. The summed E-state index contributed by atoms with van der Waals surface area (Å²) in [4.78, 5) is 24.7. The van der Waals surface area contributed by atoms with Crippen LogP contribution in [-0.4, -0.2) is 28.8 Å². The van der Waals surface area contributed by atoms with Crippen LogP contribution in [0.25, 0.3) is 0 Å². The molecule has 0 aromatic carbocycles. The molecule has 1 amide bonds. The summed E-state index contributed by atoms with van der Waals surface area (Å²) in [7, 11) is 0. The Hall–Kier alpha value is -2.41. The molecule has 0 radical (unpaired) electrons. The largest absolute Gasteiger partial charge is 0.424 e. The number of hydrogen-bond donors (Lipinski definition) is 1. The van der Waals surface area contributed by atoms with Crippen LogP contribution in [0, 0.1) is 27.7 Å². The molecule has 0 saturated carbocycles. The van der Waals surface area contributed by atoms with Gasteiger partial charge < -0.3 is 14.5 Å². The SMILES string of the molecule is Cc1cc(C2CCCO2)oc(=O)c1C(=O)NCCCn1nc(C)c(C)c1C. The molecule has 0 aliphatic carbocycles. The smallest absolute Gasteiger partial charge is 0.349 e. The van der Waals surface area contributed by atoms with Crippen LogP contribution >= 0.6 is 0 Å². The Balaban J connectivity index is 1.59. The van der Waals surface area contributed by atoms with Gasteiger partial charge in [-0.2, -0.15) is 5.10 Å². The summed E-state index contributed by atoms with van der Waals surface area (Å²) in [5, 5.41) is 7.30. The van der Waals surface area contributed by atoms with Crippen LogP contribution in [0.15, 0.2) is 15.3 Å². The average Bonchev–Trinajstić information content (AvgIpc) is 3.23. The van der Waals surface area contributed by atoms with Crippen molar-refractivity contribution in [2.75, 3.05) is 13.2 Å². The molecule has 3 heterocycles. The highest BCUT2D eigenvalue weighted by Crippen LogP contribution is 2.28. The molecule has 1 aliphatic heterocycles. The number of amides is 1. The highest BCUT2D eigenvalue weighted by Gasteiger charge is 2.24. The van der Waals surface area contributed by atoms with E-state index in [0.29, 0.717) is 31.0 Å². The van der Waals surface area contributed by atoms with Gasteiger partial charge in [-0.05, 0) is 64.2 Å². The Morgan fingerprint density at radius 1 is 1.33 bits per heavy atom. The summed E-state index contributed by atoms with van der Waals surface area (Å²) in [6.07, 6.45) is 2.33. The van der Waals surface area contributed by atoms with Gasteiger partial charge in [0.15, 0.2) is 0 Å². The summed E-state index contributed by atoms with van der Waals surface area (Å²) in [5.41, 5.74) is 3.43. The van der Waals surface area contributed by atoms with Gasteiger partial charge in [-0.25, -0.2) is 4.79 Å². The average molecular weight is 373 g/mol. The fourth-order valence-electron chi connectivity index (χ4n) is 3.39. The van der Waals surface area contributed by atoms with E-state index in [4.69, 9.17) is 9.15 Å². The molecule has 1 aliphatic rings. The second-order valence-corrected chi connectivity index (χ2v) is 7.12. The lowest BCUT2D eigenvalue weighted by atomic mass is 10.1. The van der Waals surface area contributed by atoms with Gasteiger partial charge in [0.05, 0.1) is 5.69 Å². The van der Waals surface area contributed by atoms with Gasteiger partial charge in [-0.3, -0.25) is 9.48 Å². The number of ether oxygens (including phenoxy) is 1. The summed E-state index contributed by atoms with van der Waals surface area (Å²) >= 11 is 0. The van der Waals surface area contributed by atoms with Gasteiger partial charge >= 0.3 is 5.63 Å². The Morgan fingerprint density at radius 2 is 2.11 bits per heavy atom. The van der Waals surface area contributed by atoms with Crippen LogP contribution in [0.3, 0.4) is 0 Å². The van der Waals surface area contributed by atoms with Gasteiger partial charge in [-0.15, -0.1) is 0 Å². The molecule has 3 rings (SSSR count). The zero-order valence-electron chi connectivity index (χ0n) is 16.4. The minimum absolute atomic E-state index is 0.0682. The first kappa shape index (κ1) is 19.4. The molecule has 2 aromatic rings. The summed E-state index contributed by atoms with van der Waals surface area (Å²) < 4.78 is 12.8. The monoisotopic (exact) mass is 373 g/mol. The lowest BCUT2D eigenvalue weighted by molar-refractivity contribution is 0.0883. The van der Waals surface area contributed by atoms with E-state index in [1.165, 1.54) is 5.56 Å². The first-order valence-corrected chi connectivity index (χ1v) is 9.43. The fourth-order valence-corrected chi connectivity index (χ4v) is 3.39. The van der Waals surface area contributed by atoms with Crippen molar-refractivity contribution >= 4 is 5.91 Å². The van der Waals surface area contributed by atoms with E-state index in [0.717, 1.165) is 30.7 Å². The van der Waals surface area contributed by atoms with Crippen molar-refractivity contribution in [2.24, 2.45) is 0 Å². The number of carbonyl (C=O) groups excluding carboxylic acids is 1. The molecule has 0 spiro atoms. The van der Waals surface area contributed by atoms with Crippen molar-refractivity contribution in [3.05, 3.63) is 50.3 Å². The highest BCUT2D eigenvalue weighted by atomic mass is 16.5. The molecule has 0 bridgehead atoms. The van der Waals surface area contributed by atoms with Crippen molar-refractivity contribution in [3.8, 4) is 0 Å². The van der Waals surface area contributed by atoms with Crippen LogP contribution < -0.4 is 10.9 Å². The summed E-state index contributed by atoms with van der Waals surface area (Å²) in [6.45, 7) is 9.68. The number of nitrogens with zero attached hydrogens (tertiary/aromatic N) is 2. The van der Waals surface area contributed by atoms with E-state index in [1.807, 2.05) is 18.5 Å². The molecular formula is C20H27N3O4. The standard InChI is InChI=1S/C20H27N3O4/c1-12-11-17(16-7-5-10-26-16)27-20(25)18(12)19(24)21-8-6-9-23-15(4)13(2)14(3)22-23/h11,16H,5-10H2,1-4H3,(H,21,24). The lowest BCUT2D eigenvalue weighted by Crippen LogP contribution is -2.31. The number of aryl methyl sites for hydroxylation is 3. The second-order valence-electron chi connectivity index (χ2n) is 7.12. The predicted octanol–water partition coefficient (Wildman–Crippen LogP) is 2.74. The maximum atomic E-state index is 12.4. The number of carbonyl (C=O) groups is 1. The summed E-state index contributed by atoms with van der Waals surface area (Å²) in [6, 6.07) is 1.74. The van der Waals surface area contributed by atoms with Crippen LogP contribution in [-0.2, 0) is 11.3 Å². The Morgan fingerprint density at radius 3 is 2.70 bits per heavy atom. The van der Waals surface area contributed by atoms with Crippen LogP contribution in [0.1, 0.15) is 64.0 Å². The minimum Gasteiger partial charge on any atom is -0.424 e. The zero-order valence-corrected chi connectivity index (χ0v) is 16.4. The first-order valence-electron chi connectivity index (χ1n) is 9.43. The molecule has 146 valence electrons. The van der Waals surface area contributed by atoms with Gasteiger partial charge in [0.2, 0.25) is 0 Å². The molecule has 1 saturated heterocycles. The molecular weight excluding hydrogens is 346 g/mol. The highest BCUT2D eigenvalue weighted by molar-refractivity contribution is 5.95. The van der Waals surface area contributed by atoms with E-state index in [2.05, 4.69) is 17.3 Å². The third-order valence-electron chi connectivity index (χ3n) is 5.22. The molecule has 1 N–H and O–H groups in total. The zero-order chi connectivity index (χ0) is 19.6. The van der Waals surface area contributed by atoms with Crippen molar-refractivity contribution in [2.45, 2.75) is 59.6 Å². The molecule has 2 aromatic heterocycles. The molecule has 1 fully saturated rings. The lowest BCUT2D eigenvalue weighted by Gasteiger charge is -2.11. The van der Waals surface area contributed by atoms with E-state index >= 15 is 0 Å².